The van der Waals surface area contributed by atoms with Gasteiger partial charge < -0.3 is 5.32 Å². The summed E-state index contributed by atoms with van der Waals surface area (Å²) in [7, 11) is -3.54. The number of sulfonamides is 1. The summed E-state index contributed by atoms with van der Waals surface area (Å²) in [5.41, 5.74) is 2.93. The van der Waals surface area contributed by atoms with Gasteiger partial charge in [-0.05, 0) is 54.3 Å². The summed E-state index contributed by atoms with van der Waals surface area (Å²) in [6, 6.07) is 25.2. The Labute approximate surface area is 225 Å². The Morgan fingerprint density at radius 3 is 2.11 bits per heavy atom. The van der Waals surface area contributed by atoms with Crippen LogP contribution in [-0.4, -0.2) is 53.8 Å². The molecule has 38 heavy (non-hydrogen) atoms. The highest BCUT2D eigenvalue weighted by molar-refractivity contribution is 7.89. The van der Waals surface area contributed by atoms with Crippen molar-refractivity contribution in [3.8, 4) is 0 Å². The van der Waals surface area contributed by atoms with Gasteiger partial charge in [0, 0.05) is 37.3 Å². The van der Waals surface area contributed by atoms with E-state index in [9.17, 15) is 8.42 Å². The number of hydrogen-bond donors (Lipinski definition) is 1. The summed E-state index contributed by atoms with van der Waals surface area (Å²) in [6.07, 6.45) is 0. The predicted octanol–water partition coefficient (Wildman–Crippen LogP) is 5.74. The standard InChI is InChI=1S/C30H35N5O2S/c1-22(28-32-27-13-9-8-12-26(27)29(33-28)31-24-10-6-5-7-11-24)34-18-20-35(21-19-34)38(36,37)25-16-14-23(15-17-25)30(2,3)4/h5-17,22H,18-21H2,1-4H3,(H,31,32,33)/t22-/m1/s1. The van der Waals surface area contributed by atoms with Gasteiger partial charge in [-0.1, -0.05) is 63.2 Å². The molecule has 198 valence electrons. The molecule has 0 aliphatic carbocycles. The maximum atomic E-state index is 13.3. The van der Waals surface area contributed by atoms with Crippen LogP contribution in [0.4, 0.5) is 11.5 Å². The first-order valence-corrected chi connectivity index (χ1v) is 14.5. The molecule has 1 aliphatic rings. The fourth-order valence-electron chi connectivity index (χ4n) is 4.81. The van der Waals surface area contributed by atoms with Crippen LogP contribution < -0.4 is 5.32 Å². The fourth-order valence-corrected chi connectivity index (χ4v) is 6.23. The van der Waals surface area contributed by atoms with E-state index in [1.807, 2.05) is 66.7 Å². The van der Waals surface area contributed by atoms with E-state index in [0.717, 1.165) is 33.8 Å². The van der Waals surface area contributed by atoms with E-state index in [4.69, 9.17) is 9.97 Å². The second-order valence-electron chi connectivity index (χ2n) is 10.8. The number of fused-ring (bicyclic) bond motifs is 1. The van der Waals surface area contributed by atoms with Crippen molar-refractivity contribution in [2.24, 2.45) is 0 Å². The number of aromatic nitrogens is 2. The van der Waals surface area contributed by atoms with Gasteiger partial charge in [0.15, 0.2) is 0 Å². The molecule has 1 atom stereocenters. The van der Waals surface area contributed by atoms with E-state index in [0.29, 0.717) is 31.1 Å². The third kappa shape index (κ3) is 5.43. The van der Waals surface area contributed by atoms with Crippen LogP contribution in [0.15, 0.2) is 83.8 Å². The van der Waals surface area contributed by atoms with Crippen molar-refractivity contribution in [3.05, 3.63) is 90.3 Å². The number of anilines is 2. The first-order valence-electron chi connectivity index (χ1n) is 13.1. The Morgan fingerprint density at radius 2 is 1.45 bits per heavy atom. The number of para-hydroxylation sites is 2. The summed E-state index contributed by atoms with van der Waals surface area (Å²) in [6.45, 7) is 10.5. The maximum Gasteiger partial charge on any atom is 0.243 e. The summed E-state index contributed by atoms with van der Waals surface area (Å²) in [4.78, 5) is 12.4. The van der Waals surface area contributed by atoms with Gasteiger partial charge in [0.25, 0.3) is 0 Å². The average molecular weight is 530 g/mol. The highest BCUT2D eigenvalue weighted by Gasteiger charge is 2.31. The highest BCUT2D eigenvalue weighted by atomic mass is 32.2. The average Bonchev–Trinajstić information content (AvgIpc) is 2.93. The van der Waals surface area contributed by atoms with Gasteiger partial charge in [-0.25, -0.2) is 18.4 Å². The van der Waals surface area contributed by atoms with Crippen molar-refractivity contribution < 1.29 is 8.42 Å². The molecular weight excluding hydrogens is 494 g/mol. The van der Waals surface area contributed by atoms with Crippen LogP contribution in [0, 0.1) is 0 Å². The monoisotopic (exact) mass is 529 g/mol. The van der Waals surface area contributed by atoms with Crippen molar-refractivity contribution in [1.29, 1.82) is 0 Å². The molecule has 8 heteroatoms. The number of piperazine rings is 1. The summed E-state index contributed by atoms with van der Waals surface area (Å²) >= 11 is 0. The van der Waals surface area contributed by atoms with Crippen LogP contribution in [0.25, 0.3) is 10.9 Å². The van der Waals surface area contributed by atoms with E-state index in [-0.39, 0.29) is 11.5 Å². The van der Waals surface area contributed by atoms with Crippen LogP contribution >= 0.6 is 0 Å². The molecule has 0 radical (unpaired) electrons. The van der Waals surface area contributed by atoms with Crippen molar-refractivity contribution in [2.45, 2.75) is 44.0 Å². The number of rotatable bonds is 6. The van der Waals surface area contributed by atoms with Crippen molar-refractivity contribution in [1.82, 2.24) is 19.2 Å². The Balaban J connectivity index is 1.32. The van der Waals surface area contributed by atoms with Crippen LogP contribution in [0.5, 0.6) is 0 Å². The lowest BCUT2D eigenvalue weighted by Gasteiger charge is -2.37. The van der Waals surface area contributed by atoms with E-state index < -0.39 is 10.0 Å². The normalized spacial score (nSPS) is 16.4. The zero-order valence-electron chi connectivity index (χ0n) is 22.4. The first kappa shape index (κ1) is 26.3. The molecule has 1 fully saturated rings. The molecule has 0 saturated carbocycles. The quantitative estimate of drug-likeness (QED) is 0.343. The largest absolute Gasteiger partial charge is 0.340 e. The highest BCUT2D eigenvalue weighted by Crippen LogP contribution is 2.29. The van der Waals surface area contributed by atoms with E-state index in [1.165, 1.54) is 0 Å². The van der Waals surface area contributed by atoms with E-state index in [1.54, 1.807) is 16.4 Å². The minimum atomic E-state index is -3.54. The van der Waals surface area contributed by atoms with Crippen molar-refractivity contribution in [3.63, 3.8) is 0 Å². The van der Waals surface area contributed by atoms with Crippen molar-refractivity contribution >= 4 is 32.4 Å². The van der Waals surface area contributed by atoms with Crippen LogP contribution in [-0.2, 0) is 15.4 Å². The number of benzene rings is 3. The van der Waals surface area contributed by atoms with Gasteiger partial charge in [0.05, 0.1) is 16.5 Å². The van der Waals surface area contributed by atoms with Gasteiger partial charge in [0.2, 0.25) is 10.0 Å². The summed E-state index contributed by atoms with van der Waals surface area (Å²) in [5.74, 6) is 1.49. The van der Waals surface area contributed by atoms with Gasteiger partial charge in [-0.3, -0.25) is 4.90 Å². The molecule has 7 nitrogen and oxygen atoms in total. The number of nitrogens with zero attached hydrogens (tertiary/aromatic N) is 4. The lowest BCUT2D eigenvalue weighted by atomic mass is 9.87. The lowest BCUT2D eigenvalue weighted by Crippen LogP contribution is -2.49. The topological polar surface area (TPSA) is 78.4 Å². The Bertz CT molecular complexity index is 1510. The SMILES string of the molecule is C[C@H](c1nc(Nc2ccccc2)c2ccccc2n1)N1CCN(S(=O)(=O)c2ccc(C(C)(C)C)cc2)CC1. The smallest absolute Gasteiger partial charge is 0.243 e. The van der Waals surface area contributed by atoms with Gasteiger partial charge in [0.1, 0.15) is 11.6 Å². The summed E-state index contributed by atoms with van der Waals surface area (Å²) < 4.78 is 28.3. The molecular formula is C30H35N5O2S. The Hall–Kier alpha value is -3.33. The third-order valence-electron chi connectivity index (χ3n) is 7.21. The van der Waals surface area contributed by atoms with E-state index in [2.05, 4.69) is 37.9 Å². The molecule has 0 unspecified atom stereocenters. The second-order valence-corrected chi connectivity index (χ2v) is 12.8. The van der Waals surface area contributed by atoms with Crippen LogP contribution in [0.2, 0.25) is 0 Å². The summed E-state index contributed by atoms with van der Waals surface area (Å²) in [5, 5.41) is 4.41. The first-order chi connectivity index (χ1) is 18.1. The second kappa shape index (κ2) is 10.4. The Kier molecular flexibility index (Phi) is 7.22. The van der Waals surface area contributed by atoms with Crippen LogP contribution in [0.3, 0.4) is 0 Å². The molecule has 5 rings (SSSR count). The molecule has 0 spiro atoms. The zero-order chi connectivity index (χ0) is 26.9. The van der Waals surface area contributed by atoms with E-state index >= 15 is 0 Å². The zero-order valence-corrected chi connectivity index (χ0v) is 23.2. The number of hydrogen-bond acceptors (Lipinski definition) is 6. The fraction of sp³-hybridized carbons (Fsp3) is 0.333. The lowest BCUT2D eigenvalue weighted by molar-refractivity contribution is 0.141. The van der Waals surface area contributed by atoms with Gasteiger partial charge in [-0.2, -0.15) is 4.31 Å². The molecule has 4 aromatic rings. The molecule has 3 aromatic carbocycles. The molecule has 0 amide bonds. The molecule has 1 aliphatic heterocycles. The molecule has 0 bridgehead atoms. The Morgan fingerprint density at radius 1 is 0.816 bits per heavy atom. The third-order valence-corrected chi connectivity index (χ3v) is 9.12. The number of nitrogens with one attached hydrogen (secondary N) is 1. The molecule has 1 saturated heterocycles. The van der Waals surface area contributed by atoms with Crippen LogP contribution in [0.1, 0.15) is 45.1 Å². The molecule has 1 N–H and O–H groups in total. The minimum Gasteiger partial charge on any atom is -0.340 e. The van der Waals surface area contributed by atoms with Crippen molar-refractivity contribution in [2.75, 3.05) is 31.5 Å². The molecule has 1 aromatic heterocycles. The minimum absolute atomic E-state index is 0.0224. The molecule has 2 heterocycles. The maximum absolute atomic E-state index is 13.3. The van der Waals surface area contributed by atoms with Gasteiger partial charge >= 0.3 is 0 Å². The predicted molar refractivity (Wildman–Crippen MR) is 153 cm³/mol. The van der Waals surface area contributed by atoms with Gasteiger partial charge in [-0.15, -0.1) is 0 Å².